The molecule has 1 aliphatic heterocycles. The van der Waals surface area contributed by atoms with Crippen LogP contribution < -0.4 is 5.32 Å². The second-order valence-electron chi connectivity index (χ2n) is 5.68. The molecule has 0 saturated carbocycles. The monoisotopic (exact) mass is 274 g/mol. The summed E-state index contributed by atoms with van der Waals surface area (Å²) in [5, 5.41) is 2.84. The molecule has 1 N–H and O–H groups in total. The molecule has 1 aromatic carbocycles. The van der Waals surface area contributed by atoms with E-state index in [2.05, 4.69) is 19.2 Å². The topological polar surface area (TPSA) is 49.4 Å². The largest absolute Gasteiger partial charge is 0.340 e. The summed E-state index contributed by atoms with van der Waals surface area (Å²) in [6.45, 7) is 6.72. The molecule has 2 rings (SSSR count). The summed E-state index contributed by atoms with van der Waals surface area (Å²) in [5.41, 5.74) is 0.841. The highest BCUT2D eigenvalue weighted by atomic mass is 16.2. The molecule has 0 aromatic heterocycles. The molecule has 2 atom stereocenters. The van der Waals surface area contributed by atoms with Gasteiger partial charge in [-0.3, -0.25) is 9.59 Å². The van der Waals surface area contributed by atoms with Crippen LogP contribution in [0.5, 0.6) is 0 Å². The molecule has 0 aliphatic carbocycles. The first-order chi connectivity index (χ1) is 9.50. The van der Waals surface area contributed by atoms with Crippen LogP contribution in [0.25, 0.3) is 0 Å². The van der Waals surface area contributed by atoms with Crippen molar-refractivity contribution in [3.8, 4) is 0 Å². The second-order valence-corrected chi connectivity index (χ2v) is 5.68. The maximum atomic E-state index is 12.7. The Morgan fingerprint density at radius 3 is 2.40 bits per heavy atom. The molecule has 1 fully saturated rings. The van der Waals surface area contributed by atoms with Crippen molar-refractivity contribution in [2.24, 2.45) is 5.92 Å². The number of carbonyl (C=O) groups is 2. The Kier molecular flexibility index (Phi) is 4.42. The van der Waals surface area contributed by atoms with Crippen molar-refractivity contribution in [1.82, 2.24) is 10.2 Å². The van der Waals surface area contributed by atoms with Gasteiger partial charge >= 0.3 is 0 Å². The van der Waals surface area contributed by atoms with Crippen LogP contribution >= 0.6 is 0 Å². The van der Waals surface area contributed by atoms with Crippen LogP contribution in [0, 0.1) is 5.92 Å². The predicted octanol–water partition coefficient (Wildman–Crippen LogP) is 2.12. The van der Waals surface area contributed by atoms with Crippen molar-refractivity contribution in [3.05, 3.63) is 35.9 Å². The number of benzene rings is 1. The number of hydrogen-bond donors (Lipinski definition) is 1. The average Bonchev–Trinajstić information content (AvgIpc) is 2.59. The van der Waals surface area contributed by atoms with E-state index in [1.807, 2.05) is 42.2 Å². The Hall–Kier alpha value is -1.84. The predicted molar refractivity (Wildman–Crippen MR) is 78.0 cm³/mol. The fraction of sp³-hybridized carbons (Fsp3) is 0.500. The van der Waals surface area contributed by atoms with Crippen molar-refractivity contribution >= 4 is 11.8 Å². The molecule has 1 aromatic rings. The molecule has 4 nitrogen and oxygen atoms in total. The Morgan fingerprint density at radius 1 is 1.15 bits per heavy atom. The van der Waals surface area contributed by atoms with Gasteiger partial charge in [0.25, 0.3) is 0 Å². The summed E-state index contributed by atoms with van der Waals surface area (Å²) < 4.78 is 0. The zero-order chi connectivity index (χ0) is 14.7. The highest BCUT2D eigenvalue weighted by Crippen LogP contribution is 2.22. The van der Waals surface area contributed by atoms with Gasteiger partial charge in [-0.1, -0.05) is 44.2 Å². The molecule has 20 heavy (non-hydrogen) atoms. The maximum Gasteiger partial charge on any atom is 0.250 e. The van der Waals surface area contributed by atoms with Gasteiger partial charge in [0.2, 0.25) is 11.8 Å². The third kappa shape index (κ3) is 3.00. The molecule has 2 unspecified atom stereocenters. The van der Waals surface area contributed by atoms with Crippen molar-refractivity contribution < 1.29 is 9.59 Å². The van der Waals surface area contributed by atoms with E-state index in [9.17, 15) is 9.59 Å². The second kappa shape index (κ2) is 6.07. The van der Waals surface area contributed by atoms with E-state index < -0.39 is 6.04 Å². The summed E-state index contributed by atoms with van der Waals surface area (Å²) in [6, 6.07) is 9.00. The number of nitrogens with one attached hydrogen (secondary N) is 1. The fourth-order valence-electron chi connectivity index (χ4n) is 2.43. The normalized spacial score (nSPS) is 21.6. The highest BCUT2D eigenvalue weighted by molar-refractivity contribution is 5.91. The van der Waals surface area contributed by atoms with Gasteiger partial charge in [0, 0.05) is 19.0 Å². The molecular weight excluding hydrogens is 252 g/mol. The molecule has 1 saturated heterocycles. The summed E-state index contributed by atoms with van der Waals surface area (Å²) >= 11 is 0. The number of nitrogens with zero attached hydrogens (tertiary/aromatic N) is 1. The van der Waals surface area contributed by atoms with Gasteiger partial charge in [0.15, 0.2) is 0 Å². The van der Waals surface area contributed by atoms with E-state index in [4.69, 9.17) is 0 Å². The fourth-order valence-corrected chi connectivity index (χ4v) is 2.43. The number of rotatable bonds is 3. The van der Waals surface area contributed by atoms with Crippen molar-refractivity contribution in [2.45, 2.75) is 39.3 Å². The van der Waals surface area contributed by atoms with E-state index in [1.54, 1.807) is 0 Å². The zero-order valence-corrected chi connectivity index (χ0v) is 12.3. The standard InChI is InChI=1S/C16H22N2O2/c1-11(2)12(3)18-10-9-14(19)17-15(16(18)20)13-7-5-4-6-8-13/h4-8,11-12,15H,9-10H2,1-3H3,(H,17,19). The van der Waals surface area contributed by atoms with E-state index in [0.29, 0.717) is 18.9 Å². The van der Waals surface area contributed by atoms with E-state index in [1.165, 1.54) is 0 Å². The first-order valence-corrected chi connectivity index (χ1v) is 7.15. The minimum absolute atomic E-state index is 0.0109. The number of carbonyl (C=O) groups excluding carboxylic acids is 2. The minimum atomic E-state index is -0.563. The Balaban J connectivity index is 2.30. The van der Waals surface area contributed by atoms with Crippen LogP contribution in [-0.4, -0.2) is 29.3 Å². The lowest BCUT2D eigenvalue weighted by Crippen LogP contribution is -2.45. The lowest BCUT2D eigenvalue weighted by Gasteiger charge is -2.32. The van der Waals surface area contributed by atoms with E-state index in [-0.39, 0.29) is 17.9 Å². The zero-order valence-electron chi connectivity index (χ0n) is 12.3. The van der Waals surface area contributed by atoms with Gasteiger partial charge in [0.05, 0.1) is 0 Å². The van der Waals surface area contributed by atoms with Crippen LogP contribution in [0.3, 0.4) is 0 Å². The molecule has 0 radical (unpaired) electrons. The lowest BCUT2D eigenvalue weighted by molar-refractivity contribution is -0.136. The molecule has 2 amide bonds. The minimum Gasteiger partial charge on any atom is -0.340 e. The summed E-state index contributed by atoms with van der Waals surface area (Å²) in [7, 11) is 0. The SMILES string of the molecule is CC(C)C(C)N1CCC(=O)NC(c2ccccc2)C1=O. The van der Waals surface area contributed by atoms with Crippen molar-refractivity contribution in [3.63, 3.8) is 0 Å². The molecule has 0 spiro atoms. The highest BCUT2D eigenvalue weighted by Gasteiger charge is 2.33. The first-order valence-electron chi connectivity index (χ1n) is 7.15. The molecule has 108 valence electrons. The first kappa shape index (κ1) is 14.6. The van der Waals surface area contributed by atoms with Gasteiger partial charge in [0.1, 0.15) is 6.04 Å². The lowest BCUT2D eigenvalue weighted by atomic mass is 10.0. The molecule has 0 bridgehead atoms. The van der Waals surface area contributed by atoms with Gasteiger partial charge < -0.3 is 10.2 Å². The number of amides is 2. The van der Waals surface area contributed by atoms with Crippen LogP contribution in [0.1, 0.15) is 38.8 Å². The summed E-state index contributed by atoms with van der Waals surface area (Å²) in [4.78, 5) is 26.4. The van der Waals surface area contributed by atoms with Crippen molar-refractivity contribution in [1.29, 1.82) is 0 Å². The smallest absolute Gasteiger partial charge is 0.250 e. The van der Waals surface area contributed by atoms with Crippen molar-refractivity contribution in [2.75, 3.05) is 6.54 Å². The molecule has 1 heterocycles. The Labute approximate surface area is 120 Å². The van der Waals surface area contributed by atoms with Crippen LogP contribution in [-0.2, 0) is 9.59 Å². The summed E-state index contributed by atoms with van der Waals surface area (Å²) in [6.07, 6.45) is 0.367. The third-order valence-corrected chi connectivity index (χ3v) is 4.00. The van der Waals surface area contributed by atoms with Gasteiger partial charge in [-0.25, -0.2) is 0 Å². The molecule has 4 heteroatoms. The van der Waals surface area contributed by atoms with Gasteiger partial charge in [-0.05, 0) is 18.4 Å². The third-order valence-electron chi connectivity index (χ3n) is 4.00. The summed E-state index contributed by atoms with van der Waals surface area (Å²) in [5.74, 6) is 0.289. The Bertz CT molecular complexity index is 485. The van der Waals surface area contributed by atoms with Gasteiger partial charge in [-0.2, -0.15) is 0 Å². The Morgan fingerprint density at radius 2 is 1.80 bits per heavy atom. The molecule has 1 aliphatic rings. The average molecular weight is 274 g/mol. The van der Waals surface area contributed by atoms with Gasteiger partial charge in [-0.15, -0.1) is 0 Å². The van der Waals surface area contributed by atoms with Crippen LogP contribution in [0.4, 0.5) is 0 Å². The number of hydrogen-bond acceptors (Lipinski definition) is 2. The molecular formula is C16H22N2O2. The maximum absolute atomic E-state index is 12.7. The van der Waals surface area contributed by atoms with E-state index in [0.717, 1.165) is 5.56 Å². The van der Waals surface area contributed by atoms with Crippen LogP contribution in [0.15, 0.2) is 30.3 Å². The van der Waals surface area contributed by atoms with Crippen LogP contribution in [0.2, 0.25) is 0 Å². The van der Waals surface area contributed by atoms with E-state index >= 15 is 0 Å². The quantitative estimate of drug-likeness (QED) is 0.918.